The Morgan fingerprint density at radius 2 is 1.67 bits per heavy atom. The van der Waals surface area contributed by atoms with E-state index in [1.54, 1.807) is 13.0 Å². The van der Waals surface area contributed by atoms with Crippen LogP contribution in [0.4, 0.5) is 13.2 Å². The predicted octanol–water partition coefficient (Wildman–Crippen LogP) is 4.30. The van der Waals surface area contributed by atoms with E-state index in [1.165, 1.54) is 12.3 Å². The molecule has 2 rings (SSSR count). The third-order valence-electron chi connectivity index (χ3n) is 3.38. The first-order valence-electron chi connectivity index (χ1n) is 6.69. The maximum Gasteiger partial charge on any atom is 0.422 e. The average Bonchev–Trinajstić information content (AvgIpc) is 2.47. The van der Waals surface area contributed by atoms with Gasteiger partial charge in [0.1, 0.15) is 0 Å². The first kappa shape index (κ1) is 15.5. The van der Waals surface area contributed by atoms with E-state index in [4.69, 9.17) is 0 Å². The Labute approximate surface area is 121 Å². The number of benzene rings is 1. The van der Waals surface area contributed by atoms with Gasteiger partial charge in [-0.25, -0.2) is 0 Å². The summed E-state index contributed by atoms with van der Waals surface area (Å²) in [5, 5.41) is 9.99. The van der Waals surface area contributed by atoms with E-state index in [-0.39, 0.29) is 12.1 Å². The lowest BCUT2D eigenvalue weighted by Crippen LogP contribution is -2.42. The third kappa shape index (κ3) is 3.08. The first-order chi connectivity index (χ1) is 9.88. The zero-order valence-electron chi connectivity index (χ0n) is 11.6. The molecular weight excluding hydrogens is 279 g/mol. The molecule has 0 fully saturated rings. The van der Waals surface area contributed by atoms with E-state index in [1.807, 2.05) is 30.3 Å². The molecule has 0 saturated carbocycles. The lowest BCUT2D eigenvalue weighted by molar-refractivity contribution is -0.270. The van der Waals surface area contributed by atoms with Crippen LogP contribution in [0.25, 0.3) is 11.1 Å². The number of nitrogens with zero attached hydrogens (tertiary/aromatic N) is 1. The standard InChI is InChI=1S/C16H16F3NO/c1-2-10-15(21,16(17,18)19)14-9-8-13(11-20-14)12-6-4-3-5-7-12/h3-9,11,21H,2,10H2,1H3. The van der Waals surface area contributed by atoms with Crippen molar-refractivity contribution < 1.29 is 18.3 Å². The molecule has 0 aliphatic rings. The highest BCUT2D eigenvalue weighted by Crippen LogP contribution is 2.41. The molecule has 1 atom stereocenters. The Bertz CT molecular complexity index is 581. The number of alkyl halides is 3. The molecule has 112 valence electrons. The Hall–Kier alpha value is -1.88. The minimum atomic E-state index is -4.75. The molecule has 0 saturated heterocycles. The fraction of sp³-hybridized carbons (Fsp3) is 0.312. The quantitative estimate of drug-likeness (QED) is 0.912. The number of rotatable bonds is 4. The SMILES string of the molecule is CCCC(O)(c1ccc(-c2ccccc2)cn1)C(F)(F)F. The normalized spacial score (nSPS) is 14.7. The van der Waals surface area contributed by atoms with Crippen molar-refractivity contribution in [2.75, 3.05) is 0 Å². The van der Waals surface area contributed by atoms with Gasteiger partial charge in [-0.2, -0.15) is 13.2 Å². The Morgan fingerprint density at radius 3 is 2.14 bits per heavy atom. The summed E-state index contributed by atoms with van der Waals surface area (Å²) in [6.45, 7) is 1.59. The van der Waals surface area contributed by atoms with Crippen LogP contribution in [0.1, 0.15) is 25.5 Å². The van der Waals surface area contributed by atoms with E-state index in [0.717, 1.165) is 5.56 Å². The van der Waals surface area contributed by atoms with Crippen molar-refractivity contribution in [1.82, 2.24) is 4.98 Å². The maximum absolute atomic E-state index is 13.1. The van der Waals surface area contributed by atoms with Gasteiger partial charge in [-0.05, 0) is 18.1 Å². The second-order valence-corrected chi connectivity index (χ2v) is 4.91. The molecule has 0 aliphatic carbocycles. The van der Waals surface area contributed by atoms with Gasteiger partial charge in [0.25, 0.3) is 0 Å². The average molecular weight is 295 g/mol. The van der Waals surface area contributed by atoms with Crippen molar-refractivity contribution in [2.24, 2.45) is 0 Å². The molecule has 0 bridgehead atoms. The molecule has 5 heteroatoms. The van der Waals surface area contributed by atoms with Crippen LogP contribution in [-0.4, -0.2) is 16.3 Å². The molecule has 0 radical (unpaired) electrons. The van der Waals surface area contributed by atoms with Crippen molar-refractivity contribution in [1.29, 1.82) is 0 Å². The number of hydrogen-bond acceptors (Lipinski definition) is 2. The molecule has 0 amide bonds. The van der Waals surface area contributed by atoms with Crippen LogP contribution >= 0.6 is 0 Å². The van der Waals surface area contributed by atoms with Gasteiger partial charge in [-0.15, -0.1) is 0 Å². The molecule has 1 unspecified atom stereocenters. The monoisotopic (exact) mass is 295 g/mol. The van der Waals surface area contributed by atoms with Gasteiger partial charge in [0.2, 0.25) is 5.60 Å². The van der Waals surface area contributed by atoms with Gasteiger partial charge < -0.3 is 5.11 Å². The minimum Gasteiger partial charge on any atom is -0.375 e. The highest BCUT2D eigenvalue weighted by atomic mass is 19.4. The van der Waals surface area contributed by atoms with Gasteiger partial charge >= 0.3 is 6.18 Å². The van der Waals surface area contributed by atoms with E-state index in [0.29, 0.717) is 5.56 Å². The van der Waals surface area contributed by atoms with E-state index in [2.05, 4.69) is 4.98 Å². The second kappa shape index (κ2) is 5.85. The molecule has 2 nitrogen and oxygen atoms in total. The lowest BCUT2D eigenvalue weighted by atomic mass is 9.92. The fourth-order valence-electron chi connectivity index (χ4n) is 2.22. The molecule has 2 aromatic rings. The topological polar surface area (TPSA) is 33.1 Å². The maximum atomic E-state index is 13.1. The van der Waals surface area contributed by atoms with Gasteiger partial charge in [-0.3, -0.25) is 4.98 Å². The van der Waals surface area contributed by atoms with E-state index >= 15 is 0 Å². The highest BCUT2D eigenvalue weighted by molar-refractivity contribution is 5.62. The van der Waals surface area contributed by atoms with Crippen LogP contribution in [0.2, 0.25) is 0 Å². The Balaban J connectivity index is 2.37. The summed E-state index contributed by atoms with van der Waals surface area (Å²) in [7, 11) is 0. The molecule has 1 N–H and O–H groups in total. The van der Waals surface area contributed by atoms with Crippen LogP contribution in [0, 0.1) is 0 Å². The summed E-state index contributed by atoms with van der Waals surface area (Å²) in [6.07, 6.45) is -3.59. The third-order valence-corrected chi connectivity index (χ3v) is 3.38. The van der Waals surface area contributed by atoms with Crippen LogP contribution in [-0.2, 0) is 5.60 Å². The zero-order valence-corrected chi connectivity index (χ0v) is 11.6. The van der Waals surface area contributed by atoms with Crippen LogP contribution in [0.3, 0.4) is 0 Å². The van der Waals surface area contributed by atoms with Crippen LogP contribution < -0.4 is 0 Å². The largest absolute Gasteiger partial charge is 0.422 e. The number of hydrogen-bond donors (Lipinski definition) is 1. The van der Waals surface area contributed by atoms with Crippen molar-refractivity contribution in [3.63, 3.8) is 0 Å². The van der Waals surface area contributed by atoms with Gasteiger partial charge in [0.05, 0.1) is 5.69 Å². The molecule has 1 aromatic carbocycles. The number of aromatic nitrogens is 1. The Kier molecular flexibility index (Phi) is 4.32. The van der Waals surface area contributed by atoms with Crippen LogP contribution in [0.5, 0.6) is 0 Å². The lowest BCUT2D eigenvalue weighted by Gasteiger charge is -2.29. The number of pyridine rings is 1. The molecular formula is C16H16F3NO. The van der Waals surface area contributed by atoms with Gasteiger partial charge in [-0.1, -0.05) is 49.7 Å². The van der Waals surface area contributed by atoms with Crippen molar-refractivity contribution in [2.45, 2.75) is 31.5 Å². The molecule has 1 heterocycles. The Morgan fingerprint density at radius 1 is 1.00 bits per heavy atom. The summed E-state index contributed by atoms with van der Waals surface area (Å²) >= 11 is 0. The first-order valence-corrected chi connectivity index (χ1v) is 6.69. The smallest absolute Gasteiger partial charge is 0.375 e. The van der Waals surface area contributed by atoms with Crippen molar-refractivity contribution in [3.05, 3.63) is 54.4 Å². The second-order valence-electron chi connectivity index (χ2n) is 4.91. The van der Waals surface area contributed by atoms with Gasteiger partial charge in [0, 0.05) is 11.8 Å². The summed E-state index contributed by atoms with van der Waals surface area (Å²) in [5.74, 6) is 0. The molecule has 0 spiro atoms. The minimum absolute atomic E-state index is 0.206. The molecule has 0 aliphatic heterocycles. The predicted molar refractivity (Wildman–Crippen MR) is 74.5 cm³/mol. The summed E-state index contributed by atoms with van der Waals surface area (Å²) in [6, 6.07) is 12.0. The zero-order chi connectivity index (χ0) is 15.5. The van der Waals surface area contributed by atoms with E-state index in [9.17, 15) is 18.3 Å². The fourth-order valence-corrected chi connectivity index (χ4v) is 2.22. The highest BCUT2D eigenvalue weighted by Gasteiger charge is 2.55. The van der Waals surface area contributed by atoms with Gasteiger partial charge in [0.15, 0.2) is 0 Å². The molecule has 21 heavy (non-hydrogen) atoms. The summed E-state index contributed by atoms with van der Waals surface area (Å²) < 4.78 is 39.3. The number of halogens is 3. The van der Waals surface area contributed by atoms with E-state index < -0.39 is 18.2 Å². The van der Waals surface area contributed by atoms with Crippen molar-refractivity contribution >= 4 is 0 Å². The molecule has 1 aromatic heterocycles. The summed E-state index contributed by atoms with van der Waals surface area (Å²) in [4.78, 5) is 3.84. The number of aliphatic hydroxyl groups is 1. The van der Waals surface area contributed by atoms with Crippen molar-refractivity contribution in [3.8, 4) is 11.1 Å². The van der Waals surface area contributed by atoms with Crippen LogP contribution in [0.15, 0.2) is 48.7 Å². The summed E-state index contributed by atoms with van der Waals surface area (Å²) in [5.41, 5.74) is -1.68.